The number of rotatable bonds is 8. The summed E-state index contributed by atoms with van der Waals surface area (Å²) < 4.78 is 11.9. The van der Waals surface area contributed by atoms with Gasteiger partial charge in [-0.25, -0.2) is 0 Å². The molecule has 3 saturated heterocycles. The Bertz CT molecular complexity index is 1040. The van der Waals surface area contributed by atoms with E-state index in [-0.39, 0.29) is 35.3 Å². The summed E-state index contributed by atoms with van der Waals surface area (Å²) in [7, 11) is 0. The lowest BCUT2D eigenvalue weighted by atomic mass is 9.70. The van der Waals surface area contributed by atoms with Crippen LogP contribution in [0.5, 0.6) is 0 Å². The largest absolute Gasteiger partial charge is 0.466 e. The van der Waals surface area contributed by atoms with Crippen molar-refractivity contribution in [3.63, 3.8) is 0 Å². The fourth-order valence-electron chi connectivity index (χ4n) is 7.01. The van der Waals surface area contributed by atoms with Gasteiger partial charge in [-0.2, -0.15) is 0 Å². The molecule has 7 atom stereocenters. The molecule has 2 N–H and O–H groups in total. The number of fused-ring (bicyclic) bond motifs is 1. The lowest BCUT2D eigenvalue weighted by Gasteiger charge is -2.40. The quantitative estimate of drug-likeness (QED) is 0.362. The molecule has 0 saturated carbocycles. The predicted octanol–water partition coefficient (Wildman–Crippen LogP) is 3.36. The van der Waals surface area contributed by atoms with Crippen LogP contribution in [0, 0.1) is 17.3 Å². The smallest absolute Gasteiger partial charge is 0.312 e. The zero-order valence-corrected chi connectivity index (χ0v) is 24.1. The Kier molecular flexibility index (Phi) is 7.56. The molecule has 8 nitrogen and oxygen atoms in total. The highest BCUT2D eigenvalue weighted by molar-refractivity contribution is 9.09. The first kappa shape index (κ1) is 28.0. The minimum absolute atomic E-state index is 0.0429. The summed E-state index contributed by atoms with van der Waals surface area (Å²) in [5, 5.41) is 13.7. The first-order chi connectivity index (χ1) is 17.3. The number of halogens is 1. The number of likely N-dealkylation sites (tertiary alicyclic amines) is 1. The number of amides is 2. The Hall–Kier alpha value is -1.97. The molecular formula is C28H39BrN2O6. The molecule has 0 radical (unpaired) electrons. The molecule has 204 valence electrons. The third-order valence-electron chi connectivity index (χ3n) is 7.66. The van der Waals surface area contributed by atoms with Gasteiger partial charge in [-0.1, -0.05) is 67.0 Å². The van der Waals surface area contributed by atoms with Gasteiger partial charge >= 0.3 is 5.97 Å². The van der Waals surface area contributed by atoms with Crippen molar-refractivity contribution in [2.24, 2.45) is 17.3 Å². The van der Waals surface area contributed by atoms with E-state index in [4.69, 9.17) is 9.47 Å². The summed E-state index contributed by atoms with van der Waals surface area (Å²) in [5.41, 5.74) is -1.11. The first-order valence-corrected chi connectivity index (χ1v) is 14.0. The summed E-state index contributed by atoms with van der Waals surface area (Å²) in [6.45, 7) is 11.8. The molecule has 1 aromatic rings. The summed E-state index contributed by atoms with van der Waals surface area (Å²) in [6, 6.07) is 7.38. The van der Waals surface area contributed by atoms with Crippen LogP contribution in [0.4, 0.5) is 0 Å². The standard InChI is InChI=1S/C28H39BrN2O6/c1-7-36-25(35)19-20-24(34)31(18(14-32)16-11-9-8-10-12-16)22(28(20)13-17(29)21(19)37-28)23(33)30-27(5,6)15-26(2,3)4/h8-12,17-22,32H,7,13-15H2,1-6H3,(H,30,33)/t17?,18-,19+,20+,21+,22?,28?/m1/s1. The average Bonchev–Trinajstić information content (AvgIpc) is 3.37. The summed E-state index contributed by atoms with van der Waals surface area (Å²) in [5.74, 6) is -2.90. The topological polar surface area (TPSA) is 105 Å². The van der Waals surface area contributed by atoms with Crippen LogP contribution < -0.4 is 5.32 Å². The van der Waals surface area contributed by atoms with Gasteiger partial charge in [0.1, 0.15) is 11.6 Å². The van der Waals surface area contributed by atoms with Gasteiger partial charge in [0.25, 0.3) is 0 Å². The summed E-state index contributed by atoms with van der Waals surface area (Å²) >= 11 is 3.66. The Morgan fingerprint density at radius 1 is 1.24 bits per heavy atom. The van der Waals surface area contributed by atoms with E-state index in [1.165, 1.54) is 4.90 Å². The highest BCUT2D eigenvalue weighted by atomic mass is 79.9. The predicted molar refractivity (Wildman–Crippen MR) is 142 cm³/mol. The highest BCUT2D eigenvalue weighted by Gasteiger charge is 2.77. The van der Waals surface area contributed by atoms with E-state index in [1.807, 2.05) is 44.2 Å². The highest BCUT2D eigenvalue weighted by Crippen LogP contribution is 2.61. The van der Waals surface area contributed by atoms with E-state index < -0.39 is 47.1 Å². The van der Waals surface area contributed by atoms with E-state index in [0.717, 1.165) is 0 Å². The number of nitrogens with zero attached hydrogens (tertiary/aromatic N) is 1. The van der Waals surface area contributed by atoms with E-state index in [0.29, 0.717) is 18.4 Å². The van der Waals surface area contributed by atoms with Gasteiger partial charge in [0.05, 0.1) is 37.2 Å². The SMILES string of the molecule is CCOC(=O)[C@H]1[C@H]2C(=O)N([C@H](CO)c3ccccc3)C(C(=O)NC(C)(C)CC(C)(C)C)C23CC(Br)[C@@H]1O3. The fourth-order valence-corrected chi connectivity index (χ4v) is 7.95. The lowest BCUT2D eigenvalue weighted by Crippen LogP contribution is -2.60. The number of nitrogens with one attached hydrogen (secondary N) is 1. The number of esters is 1. The van der Waals surface area contributed by atoms with Crippen LogP contribution in [0.25, 0.3) is 0 Å². The van der Waals surface area contributed by atoms with Gasteiger partial charge in [0, 0.05) is 10.4 Å². The molecular weight excluding hydrogens is 540 g/mol. The number of alkyl halides is 1. The van der Waals surface area contributed by atoms with Crippen molar-refractivity contribution in [2.45, 2.75) is 88.5 Å². The van der Waals surface area contributed by atoms with Crippen molar-refractivity contribution in [2.75, 3.05) is 13.2 Å². The molecule has 0 aromatic heterocycles. The van der Waals surface area contributed by atoms with Crippen LogP contribution in [0.15, 0.2) is 30.3 Å². The van der Waals surface area contributed by atoms with E-state index >= 15 is 0 Å². The molecule has 3 heterocycles. The average molecular weight is 580 g/mol. The minimum Gasteiger partial charge on any atom is -0.466 e. The lowest BCUT2D eigenvalue weighted by molar-refractivity contribution is -0.155. The van der Waals surface area contributed by atoms with Gasteiger partial charge in [-0.3, -0.25) is 14.4 Å². The minimum atomic E-state index is -1.21. The van der Waals surface area contributed by atoms with E-state index in [1.54, 1.807) is 6.92 Å². The summed E-state index contributed by atoms with van der Waals surface area (Å²) in [6.07, 6.45) is 0.531. The molecule has 4 rings (SSSR count). The maximum atomic E-state index is 14.2. The molecule has 1 aromatic carbocycles. The second-order valence-corrected chi connectivity index (χ2v) is 13.6. The Morgan fingerprint density at radius 2 is 1.89 bits per heavy atom. The van der Waals surface area contributed by atoms with Crippen LogP contribution >= 0.6 is 15.9 Å². The van der Waals surface area contributed by atoms with Crippen molar-refractivity contribution in [1.29, 1.82) is 0 Å². The van der Waals surface area contributed by atoms with Gasteiger partial charge in [0.2, 0.25) is 11.8 Å². The normalized spacial score (nSPS) is 31.8. The third kappa shape index (κ3) is 4.94. The zero-order valence-electron chi connectivity index (χ0n) is 22.5. The zero-order chi connectivity index (χ0) is 27.3. The number of aliphatic hydroxyl groups excluding tert-OH is 1. The maximum Gasteiger partial charge on any atom is 0.312 e. The van der Waals surface area contributed by atoms with Gasteiger partial charge in [-0.05, 0) is 44.6 Å². The van der Waals surface area contributed by atoms with Crippen LogP contribution in [-0.4, -0.2) is 69.1 Å². The van der Waals surface area contributed by atoms with Crippen LogP contribution in [0.2, 0.25) is 0 Å². The number of carbonyl (C=O) groups is 3. The molecule has 2 bridgehead atoms. The van der Waals surface area contributed by atoms with Crippen molar-refractivity contribution in [3.05, 3.63) is 35.9 Å². The van der Waals surface area contributed by atoms with Crippen molar-refractivity contribution < 1.29 is 29.0 Å². The number of ether oxygens (including phenoxy) is 2. The number of hydrogen-bond donors (Lipinski definition) is 2. The van der Waals surface area contributed by atoms with Gasteiger partial charge in [-0.15, -0.1) is 0 Å². The Balaban J connectivity index is 1.80. The van der Waals surface area contributed by atoms with Gasteiger partial charge < -0.3 is 24.8 Å². The molecule has 37 heavy (non-hydrogen) atoms. The summed E-state index contributed by atoms with van der Waals surface area (Å²) in [4.78, 5) is 42.8. The van der Waals surface area contributed by atoms with E-state index in [9.17, 15) is 19.5 Å². The number of carbonyl (C=O) groups excluding carboxylic acids is 3. The van der Waals surface area contributed by atoms with Crippen molar-refractivity contribution in [3.8, 4) is 0 Å². The van der Waals surface area contributed by atoms with Gasteiger partial charge in [0.15, 0.2) is 0 Å². The number of aliphatic hydroxyl groups is 1. The maximum absolute atomic E-state index is 14.2. The van der Waals surface area contributed by atoms with Crippen LogP contribution in [0.3, 0.4) is 0 Å². The van der Waals surface area contributed by atoms with Crippen LogP contribution in [-0.2, 0) is 23.9 Å². The monoisotopic (exact) mass is 578 g/mol. The molecule has 3 fully saturated rings. The van der Waals surface area contributed by atoms with Crippen molar-refractivity contribution >= 4 is 33.7 Å². The second-order valence-electron chi connectivity index (χ2n) is 12.4. The van der Waals surface area contributed by atoms with E-state index in [2.05, 4.69) is 42.0 Å². The molecule has 3 aliphatic heterocycles. The molecule has 9 heteroatoms. The van der Waals surface area contributed by atoms with Crippen molar-refractivity contribution in [1.82, 2.24) is 10.2 Å². The third-order valence-corrected chi connectivity index (χ3v) is 8.51. The molecule has 3 aliphatic rings. The molecule has 0 aliphatic carbocycles. The molecule has 3 unspecified atom stereocenters. The fraction of sp³-hybridized carbons (Fsp3) is 0.679. The Labute approximate surface area is 227 Å². The van der Waals surface area contributed by atoms with Crippen LogP contribution in [0.1, 0.15) is 66.0 Å². The second kappa shape index (κ2) is 9.97. The Morgan fingerprint density at radius 3 is 2.46 bits per heavy atom. The molecule has 1 spiro atoms. The molecule has 2 amide bonds. The first-order valence-electron chi connectivity index (χ1n) is 13.0. The number of hydrogen-bond acceptors (Lipinski definition) is 6. The number of benzene rings is 1.